The van der Waals surface area contributed by atoms with Gasteiger partial charge in [0.1, 0.15) is 5.69 Å². The molecule has 1 heterocycles. The zero-order valence-corrected chi connectivity index (χ0v) is 13.1. The van der Waals surface area contributed by atoms with Crippen LogP contribution in [0.3, 0.4) is 0 Å². The second-order valence-electron chi connectivity index (χ2n) is 5.01. The maximum atomic E-state index is 11.4. The van der Waals surface area contributed by atoms with Gasteiger partial charge in [-0.05, 0) is 26.7 Å². The number of hydrogen-bond acceptors (Lipinski definition) is 7. The topological polar surface area (TPSA) is 110 Å². The first-order valence-electron chi connectivity index (χ1n) is 7.22. The van der Waals surface area contributed by atoms with Crippen molar-refractivity contribution in [3.63, 3.8) is 0 Å². The van der Waals surface area contributed by atoms with E-state index >= 15 is 0 Å². The number of nitrogens with one attached hydrogen (secondary N) is 1. The van der Waals surface area contributed by atoms with Crippen LogP contribution in [0.1, 0.15) is 45.7 Å². The van der Waals surface area contributed by atoms with Crippen LogP contribution in [0.15, 0.2) is 0 Å². The van der Waals surface area contributed by atoms with Gasteiger partial charge in [0.15, 0.2) is 0 Å². The third-order valence-corrected chi connectivity index (χ3v) is 3.50. The van der Waals surface area contributed by atoms with Crippen molar-refractivity contribution in [3.8, 4) is 0 Å². The third kappa shape index (κ3) is 4.01. The van der Waals surface area contributed by atoms with Crippen molar-refractivity contribution in [2.24, 2.45) is 5.84 Å². The molecular weight excluding hydrogens is 272 g/mol. The van der Waals surface area contributed by atoms with Crippen molar-refractivity contribution in [3.05, 3.63) is 15.8 Å². The van der Waals surface area contributed by atoms with Gasteiger partial charge in [0.25, 0.3) is 0 Å². The van der Waals surface area contributed by atoms with E-state index in [4.69, 9.17) is 5.84 Å². The molecule has 0 saturated heterocycles. The predicted molar refractivity (Wildman–Crippen MR) is 83.2 cm³/mol. The van der Waals surface area contributed by atoms with Crippen LogP contribution in [0, 0.1) is 17.0 Å². The number of nitro groups is 1. The molecule has 1 aromatic rings. The van der Waals surface area contributed by atoms with Crippen molar-refractivity contribution in [1.29, 1.82) is 0 Å². The smallest absolute Gasteiger partial charge is 0.332 e. The third-order valence-electron chi connectivity index (χ3n) is 3.50. The van der Waals surface area contributed by atoms with Crippen molar-refractivity contribution < 1.29 is 4.92 Å². The summed E-state index contributed by atoms with van der Waals surface area (Å²) in [7, 11) is 0. The van der Waals surface area contributed by atoms with Crippen molar-refractivity contribution in [2.75, 3.05) is 16.9 Å². The Kier molecular flexibility index (Phi) is 6.29. The van der Waals surface area contributed by atoms with Gasteiger partial charge in [-0.3, -0.25) is 15.5 Å². The van der Waals surface area contributed by atoms with Crippen LogP contribution in [0.5, 0.6) is 0 Å². The van der Waals surface area contributed by atoms with Crippen LogP contribution >= 0.6 is 0 Å². The first-order valence-corrected chi connectivity index (χ1v) is 7.22. The SMILES string of the molecule is CCCCN(c1nc(NN)nc(C)c1[N+](=O)[O-])C(C)CC. The average Bonchev–Trinajstić information content (AvgIpc) is 2.46. The van der Waals surface area contributed by atoms with E-state index in [9.17, 15) is 10.1 Å². The van der Waals surface area contributed by atoms with Crippen molar-refractivity contribution in [1.82, 2.24) is 9.97 Å². The number of nitrogen functional groups attached to an aromatic ring is 1. The van der Waals surface area contributed by atoms with E-state index in [-0.39, 0.29) is 17.7 Å². The normalized spacial score (nSPS) is 12.0. The lowest BCUT2D eigenvalue weighted by Gasteiger charge is -2.29. The number of nitrogens with two attached hydrogens (primary N) is 1. The summed E-state index contributed by atoms with van der Waals surface area (Å²) in [6.45, 7) is 8.48. The van der Waals surface area contributed by atoms with Crippen LogP contribution in [0.4, 0.5) is 17.5 Å². The molecule has 0 aliphatic rings. The number of hydrogen-bond donors (Lipinski definition) is 2. The Hall–Kier alpha value is -1.96. The van der Waals surface area contributed by atoms with E-state index in [1.807, 2.05) is 18.7 Å². The Morgan fingerprint density at radius 1 is 1.43 bits per heavy atom. The fraction of sp³-hybridized carbons (Fsp3) is 0.692. The van der Waals surface area contributed by atoms with E-state index < -0.39 is 4.92 Å². The Balaban J connectivity index is 3.38. The zero-order chi connectivity index (χ0) is 16.0. The van der Waals surface area contributed by atoms with E-state index in [0.717, 1.165) is 19.3 Å². The van der Waals surface area contributed by atoms with Crippen molar-refractivity contribution in [2.45, 2.75) is 53.0 Å². The summed E-state index contributed by atoms with van der Waals surface area (Å²) in [6, 6.07) is 0.148. The maximum Gasteiger partial charge on any atom is 0.332 e. The summed E-state index contributed by atoms with van der Waals surface area (Å²) in [5.74, 6) is 5.89. The number of unbranched alkanes of at least 4 members (excludes halogenated alkanes) is 1. The Bertz CT molecular complexity index is 494. The highest BCUT2D eigenvalue weighted by atomic mass is 16.6. The van der Waals surface area contributed by atoms with Gasteiger partial charge in [-0.2, -0.15) is 4.98 Å². The van der Waals surface area contributed by atoms with Crippen LogP contribution in [0.25, 0.3) is 0 Å². The highest BCUT2D eigenvalue weighted by molar-refractivity contribution is 5.62. The average molecular weight is 296 g/mol. The van der Waals surface area contributed by atoms with Gasteiger partial charge in [0.05, 0.1) is 4.92 Å². The van der Waals surface area contributed by atoms with Crippen LogP contribution in [-0.4, -0.2) is 27.5 Å². The van der Waals surface area contributed by atoms with Gasteiger partial charge in [-0.1, -0.05) is 20.3 Å². The summed E-state index contributed by atoms with van der Waals surface area (Å²) in [5, 5.41) is 11.4. The molecule has 3 N–H and O–H groups in total. The molecule has 0 aliphatic heterocycles. The van der Waals surface area contributed by atoms with Crippen LogP contribution in [-0.2, 0) is 0 Å². The molecule has 1 rings (SSSR count). The molecule has 8 nitrogen and oxygen atoms in total. The van der Waals surface area contributed by atoms with Gasteiger partial charge >= 0.3 is 5.69 Å². The van der Waals surface area contributed by atoms with E-state index in [1.165, 1.54) is 0 Å². The van der Waals surface area contributed by atoms with Gasteiger partial charge in [-0.25, -0.2) is 10.8 Å². The molecule has 118 valence electrons. The number of anilines is 2. The lowest BCUT2D eigenvalue weighted by molar-refractivity contribution is -0.385. The fourth-order valence-corrected chi connectivity index (χ4v) is 2.11. The summed E-state index contributed by atoms with van der Waals surface area (Å²) >= 11 is 0. The molecular formula is C13H24N6O2. The highest BCUT2D eigenvalue weighted by Gasteiger charge is 2.28. The first-order chi connectivity index (χ1) is 9.96. The summed E-state index contributed by atoms with van der Waals surface area (Å²) < 4.78 is 0. The molecule has 0 amide bonds. The second-order valence-corrected chi connectivity index (χ2v) is 5.01. The van der Waals surface area contributed by atoms with E-state index in [1.54, 1.807) is 6.92 Å². The largest absolute Gasteiger partial charge is 0.348 e. The summed E-state index contributed by atoms with van der Waals surface area (Å²) in [6.07, 6.45) is 2.82. The second kappa shape index (κ2) is 7.72. The Labute approximate surface area is 124 Å². The molecule has 0 bridgehead atoms. The predicted octanol–water partition coefficient (Wildman–Crippen LogP) is 2.38. The molecule has 1 unspecified atom stereocenters. The molecule has 0 radical (unpaired) electrons. The number of nitrogens with zero attached hydrogens (tertiary/aromatic N) is 4. The van der Waals surface area contributed by atoms with Gasteiger partial charge < -0.3 is 4.90 Å². The quantitative estimate of drug-likeness (QED) is 0.430. The number of aromatic nitrogens is 2. The fourth-order valence-electron chi connectivity index (χ4n) is 2.11. The van der Waals surface area contributed by atoms with Gasteiger partial charge in [-0.15, -0.1) is 0 Å². The Morgan fingerprint density at radius 2 is 2.10 bits per heavy atom. The Morgan fingerprint density at radius 3 is 2.57 bits per heavy atom. The minimum absolute atomic E-state index is 0.0506. The maximum absolute atomic E-state index is 11.4. The van der Waals surface area contributed by atoms with Crippen LogP contribution in [0.2, 0.25) is 0 Å². The lowest BCUT2D eigenvalue weighted by Crippen LogP contribution is -2.35. The lowest BCUT2D eigenvalue weighted by atomic mass is 10.2. The number of hydrazine groups is 1. The molecule has 1 atom stereocenters. The highest BCUT2D eigenvalue weighted by Crippen LogP contribution is 2.31. The summed E-state index contributed by atoms with van der Waals surface area (Å²) in [4.78, 5) is 21.2. The number of rotatable bonds is 8. The van der Waals surface area contributed by atoms with Crippen molar-refractivity contribution >= 4 is 17.5 Å². The first kappa shape index (κ1) is 17.1. The standard InChI is InChI=1S/C13H24N6O2/c1-5-7-8-18(9(3)6-2)12-11(19(20)21)10(4)15-13(16-12)17-14/h9H,5-8,14H2,1-4H3,(H,15,16,17). The molecule has 0 fully saturated rings. The van der Waals surface area contributed by atoms with E-state index in [2.05, 4.69) is 22.3 Å². The zero-order valence-electron chi connectivity index (χ0n) is 13.1. The monoisotopic (exact) mass is 296 g/mol. The number of aryl methyl sites for hydroxylation is 1. The van der Waals surface area contributed by atoms with Crippen LogP contribution < -0.4 is 16.2 Å². The molecule has 0 aliphatic carbocycles. The summed E-state index contributed by atoms with van der Waals surface area (Å²) in [5.41, 5.74) is 2.63. The molecule has 0 saturated carbocycles. The van der Waals surface area contributed by atoms with Gasteiger partial charge in [0, 0.05) is 12.6 Å². The molecule has 1 aromatic heterocycles. The van der Waals surface area contributed by atoms with E-state index in [0.29, 0.717) is 18.1 Å². The molecule has 21 heavy (non-hydrogen) atoms. The molecule has 0 aromatic carbocycles. The minimum Gasteiger partial charge on any atom is -0.348 e. The molecule has 0 spiro atoms. The molecule has 8 heteroatoms. The minimum atomic E-state index is -0.424. The van der Waals surface area contributed by atoms with Gasteiger partial charge in [0.2, 0.25) is 11.8 Å².